The molecular weight excluding hydrogens is 290 g/mol. The molecule has 0 spiro atoms. The summed E-state index contributed by atoms with van der Waals surface area (Å²) in [5.74, 6) is 0.454. The van der Waals surface area contributed by atoms with Gasteiger partial charge in [0.1, 0.15) is 5.75 Å². The molecule has 0 aliphatic rings. The van der Waals surface area contributed by atoms with Crippen molar-refractivity contribution in [2.24, 2.45) is 5.10 Å². The van der Waals surface area contributed by atoms with Crippen LogP contribution in [0.4, 0.5) is 5.69 Å². The second-order valence-corrected chi connectivity index (χ2v) is 4.64. The van der Waals surface area contributed by atoms with E-state index in [9.17, 15) is 4.79 Å². The van der Waals surface area contributed by atoms with Gasteiger partial charge in [-0.25, -0.2) is 5.43 Å². The first-order chi connectivity index (χ1) is 11.3. The third-order valence-corrected chi connectivity index (χ3v) is 2.98. The van der Waals surface area contributed by atoms with Crippen molar-refractivity contribution >= 4 is 23.9 Å². The van der Waals surface area contributed by atoms with Crippen molar-refractivity contribution in [3.63, 3.8) is 0 Å². The highest BCUT2D eigenvalue weighted by Gasteiger charge is 2.03. The molecule has 0 atom stereocenters. The molecule has 2 rings (SSSR count). The average Bonchev–Trinajstić information content (AvgIpc) is 2.60. The molecule has 0 saturated heterocycles. The lowest BCUT2D eigenvalue weighted by Crippen LogP contribution is -2.25. The minimum absolute atomic E-state index is 0.111. The van der Waals surface area contributed by atoms with E-state index >= 15 is 0 Å². The SMILES string of the molecule is COc1ccccc1NCC(=O)N/N=C/C=C/c1ccccc1. The van der Waals surface area contributed by atoms with Crippen LogP contribution in [0.5, 0.6) is 5.75 Å². The molecule has 0 aliphatic carbocycles. The highest BCUT2D eigenvalue weighted by molar-refractivity contribution is 5.83. The Morgan fingerprint density at radius 1 is 1.13 bits per heavy atom. The van der Waals surface area contributed by atoms with Gasteiger partial charge >= 0.3 is 0 Å². The zero-order valence-corrected chi connectivity index (χ0v) is 12.9. The number of hydrogen-bond acceptors (Lipinski definition) is 4. The van der Waals surface area contributed by atoms with Gasteiger partial charge in [0.05, 0.1) is 19.3 Å². The van der Waals surface area contributed by atoms with Crippen LogP contribution in [-0.2, 0) is 4.79 Å². The topological polar surface area (TPSA) is 62.7 Å². The third-order valence-electron chi connectivity index (χ3n) is 2.98. The summed E-state index contributed by atoms with van der Waals surface area (Å²) in [4.78, 5) is 11.7. The number of hydrogen-bond donors (Lipinski definition) is 2. The van der Waals surface area contributed by atoms with Crippen LogP contribution in [0.25, 0.3) is 6.08 Å². The van der Waals surface area contributed by atoms with E-state index < -0.39 is 0 Å². The van der Waals surface area contributed by atoms with Crippen LogP contribution >= 0.6 is 0 Å². The molecule has 23 heavy (non-hydrogen) atoms. The maximum atomic E-state index is 11.7. The second kappa shape index (κ2) is 9.04. The van der Waals surface area contributed by atoms with Gasteiger partial charge in [-0.3, -0.25) is 4.79 Å². The van der Waals surface area contributed by atoms with Gasteiger partial charge in [0.15, 0.2) is 0 Å². The Hall–Kier alpha value is -3.08. The standard InChI is InChI=1S/C18H19N3O2/c1-23-17-12-6-5-11-16(17)19-14-18(22)21-20-13-7-10-15-8-3-2-4-9-15/h2-13,19H,14H2,1H3,(H,21,22)/b10-7+,20-13+. The minimum Gasteiger partial charge on any atom is -0.495 e. The van der Waals surface area contributed by atoms with Crippen molar-refractivity contribution in [1.29, 1.82) is 0 Å². The number of benzene rings is 2. The molecule has 0 bridgehead atoms. The van der Waals surface area contributed by atoms with Gasteiger partial charge in [-0.05, 0) is 23.8 Å². The number of allylic oxidation sites excluding steroid dienone is 1. The van der Waals surface area contributed by atoms with Gasteiger partial charge in [0.25, 0.3) is 5.91 Å². The van der Waals surface area contributed by atoms with Crippen LogP contribution in [0.1, 0.15) is 5.56 Å². The molecule has 0 aromatic heterocycles. The van der Waals surface area contributed by atoms with E-state index in [1.807, 2.05) is 60.7 Å². The molecule has 1 amide bonds. The van der Waals surface area contributed by atoms with E-state index in [0.717, 1.165) is 11.3 Å². The van der Waals surface area contributed by atoms with Crippen LogP contribution < -0.4 is 15.5 Å². The fourth-order valence-corrected chi connectivity index (χ4v) is 1.88. The minimum atomic E-state index is -0.236. The molecule has 0 saturated carbocycles. The van der Waals surface area contributed by atoms with Crippen LogP contribution in [0.2, 0.25) is 0 Å². The molecule has 0 aliphatic heterocycles. The summed E-state index contributed by atoms with van der Waals surface area (Å²) in [7, 11) is 1.59. The largest absolute Gasteiger partial charge is 0.495 e. The van der Waals surface area contributed by atoms with E-state index in [-0.39, 0.29) is 12.5 Å². The number of nitrogens with one attached hydrogen (secondary N) is 2. The number of carbonyl (C=O) groups is 1. The van der Waals surface area contributed by atoms with Crippen molar-refractivity contribution < 1.29 is 9.53 Å². The maximum absolute atomic E-state index is 11.7. The number of amides is 1. The number of ether oxygens (including phenoxy) is 1. The van der Waals surface area contributed by atoms with E-state index in [2.05, 4.69) is 15.8 Å². The molecule has 2 N–H and O–H groups in total. The molecular formula is C18H19N3O2. The molecule has 5 heteroatoms. The fourth-order valence-electron chi connectivity index (χ4n) is 1.88. The van der Waals surface area contributed by atoms with Crippen LogP contribution in [-0.4, -0.2) is 25.8 Å². The number of hydrazone groups is 1. The smallest absolute Gasteiger partial charge is 0.259 e. The van der Waals surface area contributed by atoms with Gasteiger partial charge in [0, 0.05) is 6.21 Å². The van der Waals surface area contributed by atoms with Crippen molar-refractivity contribution in [2.45, 2.75) is 0 Å². The molecule has 0 fully saturated rings. The monoisotopic (exact) mass is 309 g/mol. The Balaban J connectivity index is 1.75. The zero-order chi connectivity index (χ0) is 16.3. The van der Waals surface area contributed by atoms with E-state index in [0.29, 0.717) is 5.75 Å². The van der Waals surface area contributed by atoms with Gasteiger partial charge in [0.2, 0.25) is 0 Å². The first kappa shape index (κ1) is 16.3. The number of carbonyl (C=O) groups excluding carboxylic acids is 1. The average molecular weight is 309 g/mol. The van der Waals surface area contributed by atoms with Gasteiger partial charge in [-0.15, -0.1) is 0 Å². The molecule has 2 aromatic carbocycles. The fraction of sp³-hybridized carbons (Fsp3) is 0.111. The summed E-state index contributed by atoms with van der Waals surface area (Å²) < 4.78 is 5.20. The van der Waals surface area contributed by atoms with Crippen molar-refractivity contribution in [1.82, 2.24) is 5.43 Å². The zero-order valence-electron chi connectivity index (χ0n) is 12.9. The summed E-state index contributed by atoms with van der Waals surface area (Å²) in [6.07, 6.45) is 5.21. The highest BCUT2D eigenvalue weighted by atomic mass is 16.5. The van der Waals surface area contributed by atoms with Crippen LogP contribution in [0.3, 0.4) is 0 Å². The molecule has 5 nitrogen and oxygen atoms in total. The lowest BCUT2D eigenvalue weighted by Gasteiger charge is -2.09. The number of para-hydroxylation sites is 2. The van der Waals surface area contributed by atoms with Crippen LogP contribution in [0.15, 0.2) is 65.8 Å². The number of nitrogens with zero attached hydrogens (tertiary/aromatic N) is 1. The van der Waals surface area contributed by atoms with Crippen molar-refractivity contribution in [2.75, 3.05) is 19.0 Å². The van der Waals surface area contributed by atoms with Gasteiger partial charge in [-0.2, -0.15) is 5.10 Å². The Bertz CT molecular complexity index is 682. The Morgan fingerprint density at radius 3 is 2.65 bits per heavy atom. The summed E-state index contributed by atoms with van der Waals surface area (Å²) in [6.45, 7) is 0.111. The van der Waals surface area contributed by atoms with E-state index in [1.165, 1.54) is 6.21 Å². The predicted octanol–water partition coefficient (Wildman–Crippen LogP) is 2.92. The van der Waals surface area contributed by atoms with E-state index in [4.69, 9.17) is 4.74 Å². The molecule has 2 aromatic rings. The summed E-state index contributed by atoms with van der Waals surface area (Å²) in [5, 5.41) is 6.86. The van der Waals surface area contributed by atoms with Gasteiger partial charge in [-0.1, -0.05) is 48.5 Å². The summed E-state index contributed by atoms with van der Waals surface area (Å²) in [5.41, 5.74) is 4.29. The Kier molecular flexibility index (Phi) is 6.41. The lowest BCUT2D eigenvalue weighted by atomic mass is 10.2. The van der Waals surface area contributed by atoms with E-state index in [1.54, 1.807) is 13.2 Å². The number of anilines is 1. The maximum Gasteiger partial charge on any atom is 0.259 e. The summed E-state index contributed by atoms with van der Waals surface area (Å²) >= 11 is 0. The normalized spacial score (nSPS) is 10.8. The number of methoxy groups -OCH3 is 1. The predicted molar refractivity (Wildman–Crippen MR) is 93.6 cm³/mol. The van der Waals surface area contributed by atoms with Crippen LogP contribution in [0, 0.1) is 0 Å². The first-order valence-corrected chi connectivity index (χ1v) is 7.20. The molecule has 118 valence electrons. The van der Waals surface area contributed by atoms with Crippen molar-refractivity contribution in [3.8, 4) is 5.75 Å². The third kappa shape index (κ3) is 5.67. The Morgan fingerprint density at radius 2 is 1.87 bits per heavy atom. The molecule has 0 unspecified atom stereocenters. The molecule has 0 radical (unpaired) electrons. The quantitative estimate of drug-likeness (QED) is 0.610. The van der Waals surface area contributed by atoms with Crippen molar-refractivity contribution in [3.05, 3.63) is 66.2 Å². The summed E-state index contributed by atoms with van der Waals surface area (Å²) in [6, 6.07) is 17.3. The van der Waals surface area contributed by atoms with Gasteiger partial charge < -0.3 is 10.1 Å². The first-order valence-electron chi connectivity index (χ1n) is 7.20. The number of rotatable bonds is 7. The molecule has 0 heterocycles. The lowest BCUT2D eigenvalue weighted by molar-refractivity contribution is -0.119. The Labute approximate surface area is 135 Å². The highest BCUT2D eigenvalue weighted by Crippen LogP contribution is 2.22. The second-order valence-electron chi connectivity index (χ2n) is 4.64.